The molecular weight excluding hydrogens is 234 g/mol. The third-order valence-electron chi connectivity index (χ3n) is 3.81. The van der Waals surface area contributed by atoms with Gasteiger partial charge in [-0.2, -0.15) is 0 Å². The molecule has 1 N–H and O–H groups in total. The zero-order valence-electron chi connectivity index (χ0n) is 12.5. The van der Waals surface area contributed by atoms with Crippen LogP contribution in [0.5, 0.6) is 5.75 Å². The molecule has 2 nitrogen and oxygen atoms in total. The van der Waals surface area contributed by atoms with Crippen LogP contribution in [0.25, 0.3) is 0 Å². The van der Waals surface area contributed by atoms with Crippen molar-refractivity contribution in [1.29, 1.82) is 0 Å². The van der Waals surface area contributed by atoms with Gasteiger partial charge in [0, 0.05) is 12.5 Å². The maximum atomic E-state index is 5.78. The van der Waals surface area contributed by atoms with E-state index in [1.807, 2.05) is 0 Å². The maximum absolute atomic E-state index is 5.78. The van der Waals surface area contributed by atoms with Crippen LogP contribution in [0.2, 0.25) is 0 Å². The molecule has 0 aliphatic carbocycles. The summed E-state index contributed by atoms with van der Waals surface area (Å²) in [6.45, 7) is 7.72. The predicted molar refractivity (Wildman–Crippen MR) is 80.8 cm³/mol. The Morgan fingerprint density at radius 2 is 2.16 bits per heavy atom. The highest BCUT2D eigenvalue weighted by Gasteiger charge is 2.20. The number of unbranched alkanes of at least 4 members (excludes halogenated alkanes) is 1. The first-order valence-electron chi connectivity index (χ1n) is 7.77. The van der Waals surface area contributed by atoms with Crippen LogP contribution in [0, 0.1) is 0 Å². The lowest BCUT2D eigenvalue weighted by molar-refractivity contribution is 0.254. The van der Waals surface area contributed by atoms with Crippen LogP contribution in [0.15, 0.2) is 18.2 Å². The van der Waals surface area contributed by atoms with E-state index in [9.17, 15) is 0 Å². The highest BCUT2D eigenvalue weighted by atomic mass is 16.5. The lowest BCUT2D eigenvalue weighted by Crippen LogP contribution is -2.22. The smallest absolute Gasteiger partial charge is 0.123 e. The van der Waals surface area contributed by atoms with Gasteiger partial charge in [-0.25, -0.2) is 0 Å². The molecular formula is C17H27NO. The molecule has 0 saturated heterocycles. The molecule has 0 radical (unpaired) electrons. The SMILES string of the molecule is CCCCC(NCCC)c1ccc2c(c1)CC(C)O2. The van der Waals surface area contributed by atoms with Gasteiger partial charge < -0.3 is 10.1 Å². The molecule has 19 heavy (non-hydrogen) atoms. The van der Waals surface area contributed by atoms with Crippen molar-refractivity contribution in [3.05, 3.63) is 29.3 Å². The van der Waals surface area contributed by atoms with Crippen molar-refractivity contribution in [1.82, 2.24) is 5.32 Å². The molecule has 1 aromatic carbocycles. The molecule has 0 saturated carbocycles. The van der Waals surface area contributed by atoms with Crippen molar-refractivity contribution in [2.75, 3.05) is 6.54 Å². The van der Waals surface area contributed by atoms with Gasteiger partial charge in [-0.05, 0) is 43.5 Å². The van der Waals surface area contributed by atoms with E-state index < -0.39 is 0 Å². The van der Waals surface area contributed by atoms with E-state index in [1.165, 1.54) is 36.8 Å². The molecule has 106 valence electrons. The Labute approximate surface area is 117 Å². The minimum atomic E-state index is 0.336. The number of hydrogen-bond donors (Lipinski definition) is 1. The summed E-state index contributed by atoms with van der Waals surface area (Å²) in [6, 6.07) is 7.24. The van der Waals surface area contributed by atoms with Crippen LogP contribution in [-0.4, -0.2) is 12.6 Å². The minimum Gasteiger partial charge on any atom is -0.490 e. The molecule has 0 fully saturated rings. The first-order valence-corrected chi connectivity index (χ1v) is 7.77. The lowest BCUT2D eigenvalue weighted by Gasteiger charge is -2.19. The van der Waals surface area contributed by atoms with Gasteiger partial charge in [0.15, 0.2) is 0 Å². The van der Waals surface area contributed by atoms with Crippen LogP contribution in [0.4, 0.5) is 0 Å². The van der Waals surface area contributed by atoms with Gasteiger partial charge in [-0.3, -0.25) is 0 Å². The van der Waals surface area contributed by atoms with Gasteiger partial charge in [0.05, 0.1) is 0 Å². The fraction of sp³-hybridized carbons (Fsp3) is 0.647. The average molecular weight is 261 g/mol. The summed E-state index contributed by atoms with van der Waals surface area (Å²) in [4.78, 5) is 0. The molecule has 2 heteroatoms. The normalized spacial score (nSPS) is 19.0. The van der Waals surface area contributed by atoms with Gasteiger partial charge in [0.25, 0.3) is 0 Å². The van der Waals surface area contributed by atoms with Gasteiger partial charge in [0.2, 0.25) is 0 Å². The zero-order chi connectivity index (χ0) is 13.7. The minimum absolute atomic E-state index is 0.336. The Balaban J connectivity index is 2.10. The molecule has 1 aliphatic heterocycles. The molecule has 0 aromatic heterocycles. The third kappa shape index (κ3) is 3.73. The molecule has 1 aromatic rings. The largest absolute Gasteiger partial charge is 0.490 e. The fourth-order valence-corrected chi connectivity index (χ4v) is 2.77. The Hall–Kier alpha value is -1.02. The van der Waals surface area contributed by atoms with Crippen LogP contribution < -0.4 is 10.1 Å². The maximum Gasteiger partial charge on any atom is 0.123 e. The van der Waals surface area contributed by atoms with E-state index in [1.54, 1.807) is 0 Å². The molecule has 2 atom stereocenters. The number of rotatable bonds is 7. The van der Waals surface area contributed by atoms with Gasteiger partial charge >= 0.3 is 0 Å². The quantitative estimate of drug-likeness (QED) is 0.792. The van der Waals surface area contributed by atoms with E-state index in [4.69, 9.17) is 4.74 Å². The number of ether oxygens (including phenoxy) is 1. The van der Waals surface area contributed by atoms with Crippen molar-refractivity contribution >= 4 is 0 Å². The summed E-state index contributed by atoms with van der Waals surface area (Å²) in [7, 11) is 0. The standard InChI is InChI=1S/C17H27NO/c1-4-6-7-16(18-10-5-2)14-8-9-17-15(12-14)11-13(3)19-17/h8-9,12-13,16,18H,4-7,10-11H2,1-3H3. The second-order valence-corrected chi connectivity index (χ2v) is 5.65. The van der Waals surface area contributed by atoms with E-state index in [2.05, 4.69) is 44.3 Å². The van der Waals surface area contributed by atoms with Gasteiger partial charge in [-0.1, -0.05) is 38.8 Å². The van der Waals surface area contributed by atoms with Gasteiger partial charge in [0.1, 0.15) is 11.9 Å². The third-order valence-corrected chi connectivity index (χ3v) is 3.81. The first-order chi connectivity index (χ1) is 9.24. The summed E-state index contributed by atoms with van der Waals surface area (Å²) < 4.78 is 5.78. The summed E-state index contributed by atoms with van der Waals surface area (Å²) in [5, 5.41) is 3.68. The van der Waals surface area contributed by atoms with Crippen molar-refractivity contribution in [3.63, 3.8) is 0 Å². The first kappa shape index (κ1) is 14.4. The topological polar surface area (TPSA) is 21.3 Å². The summed E-state index contributed by atoms with van der Waals surface area (Å²) in [5.41, 5.74) is 2.81. The number of fused-ring (bicyclic) bond motifs is 1. The highest BCUT2D eigenvalue weighted by Crippen LogP contribution is 2.32. The van der Waals surface area contributed by atoms with Crippen LogP contribution in [0.1, 0.15) is 63.6 Å². The molecule has 0 amide bonds. The molecule has 0 bridgehead atoms. The lowest BCUT2D eigenvalue weighted by atomic mass is 9.97. The number of hydrogen-bond acceptors (Lipinski definition) is 2. The Bertz CT molecular complexity index is 394. The number of nitrogens with one attached hydrogen (secondary N) is 1. The van der Waals surface area contributed by atoms with Crippen molar-refractivity contribution in [3.8, 4) is 5.75 Å². The van der Waals surface area contributed by atoms with E-state index in [0.29, 0.717) is 12.1 Å². The van der Waals surface area contributed by atoms with Crippen molar-refractivity contribution in [2.45, 2.75) is 65.0 Å². The molecule has 2 rings (SSSR count). The average Bonchev–Trinajstić information content (AvgIpc) is 2.78. The molecule has 0 spiro atoms. The monoisotopic (exact) mass is 261 g/mol. The summed E-state index contributed by atoms with van der Waals surface area (Å²) >= 11 is 0. The molecule has 1 heterocycles. The van der Waals surface area contributed by atoms with Crippen molar-refractivity contribution < 1.29 is 4.74 Å². The second-order valence-electron chi connectivity index (χ2n) is 5.65. The highest BCUT2D eigenvalue weighted by molar-refractivity contribution is 5.41. The Morgan fingerprint density at radius 3 is 2.89 bits per heavy atom. The predicted octanol–water partition coefficient (Wildman–Crippen LogP) is 4.24. The Morgan fingerprint density at radius 1 is 1.32 bits per heavy atom. The molecule has 1 aliphatic rings. The summed E-state index contributed by atoms with van der Waals surface area (Å²) in [6.07, 6.45) is 6.35. The zero-order valence-corrected chi connectivity index (χ0v) is 12.5. The van der Waals surface area contributed by atoms with Crippen LogP contribution >= 0.6 is 0 Å². The van der Waals surface area contributed by atoms with Crippen molar-refractivity contribution in [2.24, 2.45) is 0 Å². The molecule has 2 unspecified atom stereocenters. The number of benzene rings is 1. The van der Waals surface area contributed by atoms with Crippen LogP contribution in [0.3, 0.4) is 0 Å². The van der Waals surface area contributed by atoms with E-state index in [0.717, 1.165) is 18.7 Å². The Kier molecular flexibility index (Phi) is 5.26. The second kappa shape index (κ2) is 6.95. The fourth-order valence-electron chi connectivity index (χ4n) is 2.77. The van der Waals surface area contributed by atoms with Gasteiger partial charge in [-0.15, -0.1) is 0 Å². The van der Waals surface area contributed by atoms with E-state index in [-0.39, 0.29) is 0 Å². The van der Waals surface area contributed by atoms with E-state index >= 15 is 0 Å². The van der Waals surface area contributed by atoms with Crippen LogP contribution in [-0.2, 0) is 6.42 Å². The summed E-state index contributed by atoms with van der Waals surface area (Å²) in [5.74, 6) is 1.08.